The molecule has 0 aromatic carbocycles. The molecule has 1 atom stereocenters. The molecule has 1 aliphatic carbocycles. The summed E-state index contributed by atoms with van der Waals surface area (Å²) in [5.74, 6) is -0.0440. The van der Waals surface area contributed by atoms with Crippen LogP contribution in [0.4, 0.5) is 13.2 Å². The van der Waals surface area contributed by atoms with Crippen LogP contribution in [0.5, 0.6) is 0 Å². The number of allylic oxidation sites excluding steroid dienone is 3. The molecule has 1 unspecified atom stereocenters. The van der Waals surface area contributed by atoms with Crippen LogP contribution in [-0.4, -0.2) is 6.18 Å². The van der Waals surface area contributed by atoms with Crippen LogP contribution in [0.1, 0.15) is 13.3 Å². The van der Waals surface area contributed by atoms with Crippen molar-refractivity contribution in [3.63, 3.8) is 0 Å². The summed E-state index contributed by atoms with van der Waals surface area (Å²) in [7, 11) is 0. The fourth-order valence-electron chi connectivity index (χ4n) is 1.09. The maximum atomic E-state index is 12.2. The van der Waals surface area contributed by atoms with Gasteiger partial charge in [0, 0.05) is 4.91 Å². The topological polar surface area (TPSA) is 0 Å². The molecule has 0 saturated carbocycles. The third-order valence-corrected chi connectivity index (χ3v) is 2.14. The Bertz CT molecular complexity index is 237. The zero-order chi connectivity index (χ0) is 9.35. The lowest BCUT2D eigenvalue weighted by atomic mass is 9.97. The van der Waals surface area contributed by atoms with Crippen molar-refractivity contribution < 1.29 is 13.2 Å². The number of rotatable bonds is 0. The molecule has 0 bridgehead atoms. The fraction of sp³-hybridized carbons (Fsp3) is 0.500. The Hall–Kier alpha value is -0.380. The minimum Gasteiger partial charge on any atom is -0.166 e. The van der Waals surface area contributed by atoms with E-state index in [1.54, 1.807) is 6.92 Å². The highest BCUT2D eigenvalue weighted by Gasteiger charge is 2.36. The minimum atomic E-state index is -4.26. The molecule has 0 N–H and O–H groups in total. The number of thiol groups is 1. The summed E-state index contributed by atoms with van der Waals surface area (Å²) in [6.07, 6.45) is -0.889. The van der Waals surface area contributed by atoms with E-state index in [0.29, 0.717) is 6.42 Å². The zero-order valence-electron chi connectivity index (χ0n) is 6.52. The summed E-state index contributed by atoms with van der Waals surface area (Å²) in [6, 6.07) is 0. The Balaban J connectivity index is 2.94. The van der Waals surface area contributed by atoms with Gasteiger partial charge in [0.25, 0.3) is 0 Å². The van der Waals surface area contributed by atoms with E-state index in [-0.39, 0.29) is 10.8 Å². The summed E-state index contributed by atoms with van der Waals surface area (Å²) in [6.45, 7) is 1.75. The highest BCUT2D eigenvalue weighted by atomic mass is 32.1. The molecule has 12 heavy (non-hydrogen) atoms. The largest absolute Gasteiger partial charge is 0.417 e. The lowest BCUT2D eigenvalue weighted by Gasteiger charge is -2.18. The van der Waals surface area contributed by atoms with E-state index in [1.165, 1.54) is 12.2 Å². The monoisotopic (exact) mass is 194 g/mol. The fourth-order valence-corrected chi connectivity index (χ4v) is 1.39. The van der Waals surface area contributed by atoms with Gasteiger partial charge in [0.05, 0.1) is 5.57 Å². The van der Waals surface area contributed by atoms with E-state index in [1.807, 2.05) is 0 Å². The lowest BCUT2D eigenvalue weighted by molar-refractivity contribution is -0.0892. The van der Waals surface area contributed by atoms with Crippen molar-refractivity contribution in [1.82, 2.24) is 0 Å². The number of hydrogen-bond acceptors (Lipinski definition) is 1. The molecule has 0 nitrogen and oxygen atoms in total. The van der Waals surface area contributed by atoms with E-state index in [2.05, 4.69) is 12.6 Å². The van der Waals surface area contributed by atoms with Gasteiger partial charge in [0.15, 0.2) is 0 Å². The van der Waals surface area contributed by atoms with Gasteiger partial charge in [-0.05, 0) is 12.3 Å². The van der Waals surface area contributed by atoms with Crippen molar-refractivity contribution in [2.75, 3.05) is 0 Å². The molecule has 0 aliphatic heterocycles. The molecule has 1 rings (SSSR count). The quantitative estimate of drug-likeness (QED) is 0.562. The molecule has 0 radical (unpaired) electrons. The van der Waals surface area contributed by atoms with E-state index in [9.17, 15) is 13.2 Å². The Morgan fingerprint density at radius 1 is 1.50 bits per heavy atom. The first-order valence-electron chi connectivity index (χ1n) is 3.60. The van der Waals surface area contributed by atoms with Gasteiger partial charge in [-0.3, -0.25) is 0 Å². The van der Waals surface area contributed by atoms with E-state index in [4.69, 9.17) is 0 Å². The predicted molar refractivity (Wildman–Crippen MR) is 45.0 cm³/mol. The van der Waals surface area contributed by atoms with Crippen LogP contribution in [-0.2, 0) is 0 Å². The molecular formula is C8H9F3S. The average Bonchev–Trinajstić information content (AvgIpc) is 1.92. The molecule has 0 fully saturated rings. The van der Waals surface area contributed by atoms with Crippen molar-refractivity contribution >= 4 is 12.6 Å². The van der Waals surface area contributed by atoms with Crippen molar-refractivity contribution in [3.05, 3.63) is 22.6 Å². The molecule has 1 aliphatic rings. The highest BCUT2D eigenvalue weighted by Crippen LogP contribution is 2.37. The molecule has 0 spiro atoms. The molecule has 0 amide bonds. The Labute approximate surface area is 74.6 Å². The summed E-state index contributed by atoms with van der Waals surface area (Å²) >= 11 is 3.76. The van der Waals surface area contributed by atoms with Crippen LogP contribution < -0.4 is 0 Å². The highest BCUT2D eigenvalue weighted by molar-refractivity contribution is 7.84. The van der Waals surface area contributed by atoms with Crippen LogP contribution in [0.15, 0.2) is 22.6 Å². The van der Waals surface area contributed by atoms with Crippen LogP contribution >= 0.6 is 12.6 Å². The average molecular weight is 194 g/mol. The normalized spacial score (nSPS) is 24.9. The van der Waals surface area contributed by atoms with Crippen LogP contribution in [0.25, 0.3) is 0 Å². The number of hydrogen-bond donors (Lipinski definition) is 1. The first kappa shape index (κ1) is 9.71. The molecular weight excluding hydrogens is 185 g/mol. The van der Waals surface area contributed by atoms with Gasteiger partial charge in [-0.15, -0.1) is 12.6 Å². The van der Waals surface area contributed by atoms with Gasteiger partial charge < -0.3 is 0 Å². The Kier molecular flexibility index (Phi) is 2.56. The van der Waals surface area contributed by atoms with Crippen LogP contribution in [0.2, 0.25) is 0 Å². The van der Waals surface area contributed by atoms with Crippen molar-refractivity contribution in [2.24, 2.45) is 5.92 Å². The van der Waals surface area contributed by atoms with Gasteiger partial charge in [0.1, 0.15) is 0 Å². The number of alkyl halides is 3. The first-order valence-corrected chi connectivity index (χ1v) is 4.04. The summed E-state index contributed by atoms with van der Waals surface area (Å²) in [5.41, 5.74) is -0.607. The zero-order valence-corrected chi connectivity index (χ0v) is 7.41. The Morgan fingerprint density at radius 2 is 2.08 bits per heavy atom. The molecule has 0 aromatic rings. The maximum absolute atomic E-state index is 12.2. The van der Waals surface area contributed by atoms with Crippen LogP contribution in [0, 0.1) is 5.92 Å². The van der Waals surface area contributed by atoms with Gasteiger partial charge in [-0.2, -0.15) is 13.2 Å². The standard InChI is InChI=1S/C8H9F3S/c1-5-2-3-7(12)6(4-5)8(9,10)11/h3-5,12H,2H2,1H3. The molecule has 0 aromatic heterocycles. The molecule has 0 saturated heterocycles. The van der Waals surface area contributed by atoms with Gasteiger partial charge in [-0.25, -0.2) is 0 Å². The number of halogens is 3. The predicted octanol–water partition coefficient (Wildman–Crippen LogP) is 3.33. The second kappa shape index (κ2) is 3.17. The lowest BCUT2D eigenvalue weighted by Crippen LogP contribution is -2.15. The minimum absolute atomic E-state index is 0.0422. The Morgan fingerprint density at radius 3 is 2.50 bits per heavy atom. The SMILES string of the molecule is CC1C=C(C(F)(F)F)C(S)=CC1. The van der Waals surface area contributed by atoms with Gasteiger partial charge in [-0.1, -0.05) is 19.1 Å². The second-order valence-electron chi connectivity index (χ2n) is 2.88. The third-order valence-electron chi connectivity index (χ3n) is 1.72. The van der Waals surface area contributed by atoms with Crippen molar-refractivity contribution in [3.8, 4) is 0 Å². The van der Waals surface area contributed by atoms with Gasteiger partial charge >= 0.3 is 6.18 Å². The molecule has 0 heterocycles. The maximum Gasteiger partial charge on any atom is 0.417 e. The third kappa shape index (κ3) is 2.06. The van der Waals surface area contributed by atoms with Crippen molar-refractivity contribution in [1.29, 1.82) is 0 Å². The second-order valence-corrected chi connectivity index (χ2v) is 3.36. The molecule has 4 heteroatoms. The first-order chi connectivity index (χ1) is 5.41. The van der Waals surface area contributed by atoms with Crippen molar-refractivity contribution in [2.45, 2.75) is 19.5 Å². The molecule has 68 valence electrons. The van der Waals surface area contributed by atoms with Crippen LogP contribution in [0.3, 0.4) is 0 Å². The van der Waals surface area contributed by atoms with Gasteiger partial charge in [0.2, 0.25) is 0 Å². The van der Waals surface area contributed by atoms with E-state index in [0.717, 1.165) is 0 Å². The van der Waals surface area contributed by atoms with E-state index >= 15 is 0 Å². The smallest absolute Gasteiger partial charge is 0.166 e. The summed E-state index contributed by atoms with van der Waals surface area (Å²) < 4.78 is 36.6. The van der Waals surface area contributed by atoms with E-state index < -0.39 is 11.7 Å². The summed E-state index contributed by atoms with van der Waals surface area (Å²) in [4.78, 5) is 0.0422. The summed E-state index contributed by atoms with van der Waals surface area (Å²) in [5, 5.41) is 0.